The molecule has 0 rings (SSSR count). The molecule has 171 radical (unpaired) electrons. The van der Waals surface area contributed by atoms with Gasteiger partial charge in [0.1, 0.15) is 0 Å². The van der Waals surface area contributed by atoms with E-state index in [4.69, 9.17) is 0 Å². The lowest BCUT2D eigenvalue weighted by Gasteiger charge is -0.0786. The molecule has 0 spiro atoms. The Hall–Kier alpha value is 3.70. The van der Waals surface area contributed by atoms with Gasteiger partial charge in [0.05, 0.1) is 0 Å². The van der Waals surface area contributed by atoms with E-state index in [9.17, 15) is 0 Å². The zero-order chi connectivity index (χ0) is 0. The normalized spacial score (nSPS) is 0. The summed E-state index contributed by atoms with van der Waals surface area (Å²) in [5.74, 6) is 0. The van der Waals surface area contributed by atoms with Crippen molar-refractivity contribution in [2.24, 2.45) is 0 Å². The van der Waals surface area contributed by atoms with Gasteiger partial charge in [0.15, 0.2) is 0 Å². The van der Waals surface area contributed by atoms with E-state index in [1.54, 1.807) is 0 Å². The van der Waals surface area contributed by atoms with Crippen LogP contribution in [0.15, 0.2) is 0 Å². The highest BCUT2D eigenvalue weighted by atomic mass is 12.0. The third kappa shape index (κ3) is 58800. The molecule has 0 atom stereocenters. The fourth-order valence-corrected chi connectivity index (χ4v) is 0. The Morgan fingerprint density at radius 1 is 0.0435 bits per heavy atom. The summed E-state index contributed by atoms with van der Waals surface area (Å²) in [6.07, 6.45) is 0. The predicted octanol–water partition coefficient (Wildman–Crippen LogP) is 3.76. The van der Waals surface area contributed by atoms with Crippen LogP contribution in [-0.4, -0.2) is 480 Å². The SMILES string of the molecule is C.C.C.C.C.C.C.C.C.C.C.C.C.C.C.C.C.C.C.C.C.C.C.C.C.C.C.C.C.C.C.C.C.C.C.[2HH].[2HH].[2HH].[2HH].[2HH].[B].[B].[B].[B].[B].[B].[B].[B].[B].[B].[B].[B].[B].[B].[B].[B].[B].[B].[B].[B].[B].[B].[B].[B].[B].[B].[B].[B].[B].[B].[B].[B].[B].[B].[B].[B].[B].[B].[B].[B].[B].[B].[B].[B].[B].[B].[B].[B].[B].[B].[B].[B].[B].[B].[B].[B].[B].[HH].[HH].[HH].[HH].[HH].[HH].[HH].[HH]. The van der Waals surface area contributed by atoms with Gasteiger partial charge in [0.2, 0.25) is 0 Å². The van der Waals surface area contributed by atoms with Gasteiger partial charge in [0.25, 0.3) is 0 Å². The van der Waals surface area contributed by atoms with E-state index in [1.165, 1.54) is 0 Å². The van der Waals surface area contributed by atoms with Crippen LogP contribution in [-0.2, 0) is 0 Å². The van der Waals surface area contributed by atoms with Gasteiger partial charge in [-0.1, -0.05) is 260 Å². The summed E-state index contributed by atoms with van der Waals surface area (Å²) in [7, 11) is 0. The highest BCUT2D eigenvalue weighted by Gasteiger charge is 0.0731. The first kappa shape index (κ1) is 62700. The Morgan fingerprint density at radius 3 is 0.0435 bits per heavy atom. The predicted molar refractivity (Wildman–Crippen MR) is 591 cm³/mol. The van der Waals surface area contributed by atoms with Gasteiger partial charge in [-0.05, 0) is 0 Å². The van der Waals surface area contributed by atoms with Gasteiger partial charge in [-0.25, -0.2) is 0 Å². The van der Waals surface area contributed by atoms with Crippen molar-refractivity contribution in [2.45, 2.75) is 260 Å². The zero-order valence-corrected chi connectivity index (χ0v) is 32.9. The van der Waals surface area contributed by atoms with Crippen LogP contribution in [0.5, 0.6) is 0 Å². The molecule has 0 heterocycles. The van der Waals surface area contributed by atoms with Crippen LogP contribution in [0.25, 0.3) is 0 Å². The number of hydrogen-bond acceptors (Lipinski definition) is 0. The largest absolute Gasteiger partial charge is 0.0776 e. The van der Waals surface area contributed by atoms with Crippen molar-refractivity contribution in [1.82, 2.24) is 0 Å². The van der Waals surface area contributed by atoms with Crippen LogP contribution >= 0.6 is 0 Å². The lowest BCUT2D eigenvalue weighted by Crippen LogP contribution is -0.382. The van der Waals surface area contributed by atoms with E-state index >= 15 is 0 Å². The van der Waals surface area contributed by atoms with Crippen LogP contribution in [0.1, 0.15) is 278 Å². The van der Waals surface area contributed by atoms with Crippen molar-refractivity contribution in [2.75, 3.05) is 0 Å². The van der Waals surface area contributed by atoms with Crippen molar-refractivity contribution < 1.29 is 18.5 Å². The molecule has 0 bridgehead atoms. The standard InChI is InChI=1S/35CH4.57B.13H2/h35*1H4;;;;;;;;;;;;;;;;;;;;;;;;;;;;;;;;;;;;;;;;;;;;;;;;;;;;;;;;;;13*1H/i;;;;;;;;;;;;;;;;;;;;;;;;;;;;;;;;;;;;;;;;;;;;;;;;;;;;;;;;;;;;;;;;;;;;;;;;;;;;;;;;;;;;;;;;;;;;5*1+1;;;;;;;;. The summed E-state index contributed by atoms with van der Waals surface area (Å²) >= 11 is 0. The summed E-state index contributed by atoms with van der Waals surface area (Å²) in [6.45, 7) is 0. The molecular formula is C35H166B57. The molecule has 57 heteroatoms. The fraction of sp³-hybridized carbons (Fsp3) is 1.00. The Kier molecular flexibility index (Phi) is 41300000. The van der Waals surface area contributed by atoms with Crippen LogP contribution < -0.4 is 0 Å². The third-order valence-corrected chi connectivity index (χ3v) is 0. The molecule has 0 saturated carbocycles. The molecule has 0 N–H and O–H groups in total. The van der Waals surface area contributed by atoms with Gasteiger partial charge in [0, 0.05) is 498 Å². The minimum atomic E-state index is 0. The summed E-state index contributed by atoms with van der Waals surface area (Å²) in [4.78, 5) is 0. The highest BCUT2D eigenvalue weighted by molar-refractivity contribution is 5.81. The number of rotatable bonds is 0. The molecule has 0 amide bonds. The van der Waals surface area contributed by atoms with Crippen LogP contribution in [0.2, 0.25) is 0 Å². The molecule has 0 aliphatic carbocycles. The van der Waals surface area contributed by atoms with E-state index in [0.29, 0.717) is 0 Å². The van der Waals surface area contributed by atoms with Crippen molar-refractivity contribution in [3.8, 4) is 0 Å². The highest BCUT2D eigenvalue weighted by Crippen LogP contribution is 0.182. The number of hydrogen-bond donors (Lipinski definition) is 0. The Bertz CT molecular complexity index is 145. The third-order valence-electron chi connectivity index (χ3n) is 0. The monoisotopic (exact) mass is 1220 g/mol. The molecular weight excluding hydrogens is 1040 g/mol. The summed E-state index contributed by atoms with van der Waals surface area (Å²) < 4.78 is 0. The molecule has 0 fully saturated rings. The maximum atomic E-state index is 0. The van der Waals surface area contributed by atoms with Crippen LogP contribution in [0.4, 0.5) is 0 Å². The van der Waals surface area contributed by atoms with Crippen molar-refractivity contribution in [3.05, 3.63) is 0 Å². The van der Waals surface area contributed by atoms with Crippen molar-refractivity contribution in [3.63, 3.8) is 0 Å². The summed E-state index contributed by atoms with van der Waals surface area (Å²) in [5.41, 5.74) is 0. The first-order valence-corrected chi connectivity index (χ1v) is 0. The minimum absolute atomic E-state index is 0. The minimum Gasteiger partial charge on any atom is -0.0776 e. The van der Waals surface area contributed by atoms with E-state index < -0.39 is 0 Å². The van der Waals surface area contributed by atoms with E-state index in [1.807, 2.05) is 0 Å². The lowest BCUT2D eigenvalue weighted by molar-refractivity contribution is 2.50. The van der Waals surface area contributed by atoms with E-state index in [-0.39, 0.29) is 758 Å². The molecule has 92 heavy (non-hydrogen) atoms. The molecule has 0 nitrogen and oxygen atoms in total. The maximum absolute atomic E-state index is 0. The van der Waals surface area contributed by atoms with Crippen molar-refractivity contribution in [1.29, 1.82) is 0 Å². The van der Waals surface area contributed by atoms with Gasteiger partial charge >= 0.3 is 0 Å². The first-order valence-electron chi connectivity index (χ1n) is 0. The maximum Gasteiger partial charge on any atom is 0 e. The smallest absolute Gasteiger partial charge is 0 e. The molecule has 0 aromatic carbocycles. The molecule has 0 unspecified atom stereocenters. The van der Waals surface area contributed by atoms with Crippen molar-refractivity contribution >= 4 is 480 Å². The quantitative estimate of drug-likeness (QED) is 0.325. The van der Waals surface area contributed by atoms with E-state index in [2.05, 4.69) is 0 Å². The Labute approximate surface area is 753 Å². The molecule has 0 aliphatic rings. The Morgan fingerprint density at radius 2 is 0.0435 bits per heavy atom. The van der Waals surface area contributed by atoms with Crippen LogP contribution in [0.3, 0.4) is 0 Å². The molecule has 0 aromatic heterocycles. The summed E-state index contributed by atoms with van der Waals surface area (Å²) in [5, 5.41) is 0. The van der Waals surface area contributed by atoms with Gasteiger partial charge in [-0.3, -0.25) is 0 Å². The fourth-order valence-electron chi connectivity index (χ4n) is 0. The average Bonchev–Trinajstić information content (AvgIpc) is 0. The second-order valence-corrected chi connectivity index (χ2v) is 0. The first-order chi connectivity index (χ1) is 0. The van der Waals surface area contributed by atoms with Crippen LogP contribution in [0, 0.1) is 0 Å². The average molecular weight is 1210 g/mol. The molecule has 477 valence electrons. The molecule has 0 aromatic rings. The topological polar surface area (TPSA) is 0 Å². The lowest BCUT2D eigenvalue weighted by atomic mass is 10.8. The Balaban J connectivity index is 0. The zero-order valence-electron chi connectivity index (χ0n) is 32.9. The second kappa shape index (κ2) is 60700. The summed E-state index contributed by atoms with van der Waals surface area (Å²) in [6, 6.07) is 0. The van der Waals surface area contributed by atoms with Gasteiger partial charge < -0.3 is 0 Å². The molecule has 0 aliphatic heterocycles. The van der Waals surface area contributed by atoms with Gasteiger partial charge in [-0.15, -0.1) is 0 Å². The van der Waals surface area contributed by atoms with E-state index in [0.717, 1.165) is 0 Å². The molecule has 0 saturated heterocycles. The van der Waals surface area contributed by atoms with Gasteiger partial charge in [-0.2, -0.15) is 0 Å². The second-order valence-electron chi connectivity index (χ2n) is 0.